The number of nitrogens with zero attached hydrogens (tertiary/aromatic N) is 2. The van der Waals surface area contributed by atoms with Crippen LogP contribution < -0.4 is 0 Å². The number of hydrogen-bond donors (Lipinski definition) is 0. The maximum atomic E-state index is 13.6. The molecule has 2 aromatic rings. The SMILES string of the molecule is Cc1ccc(S(=O)(=O)N2CCC(S(=O)(=O)c3ccccc3)[C@@H]3CN(C(=O)OC(C)(C)C)C[C@@H]32)cc1. The number of ether oxygens (including phenoxy) is 1. The van der Waals surface area contributed by atoms with Gasteiger partial charge in [0.25, 0.3) is 0 Å². The molecule has 4 rings (SSSR count). The first-order valence-corrected chi connectivity index (χ1v) is 14.6. The van der Waals surface area contributed by atoms with Gasteiger partial charge in [-0.3, -0.25) is 0 Å². The van der Waals surface area contributed by atoms with Crippen LogP contribution in [0.1, 0.15) is 32.8 Å². The molecule has 2 aliphatic rings. The van der Waals surface area contributed by atoms with Gasteiger partial charge >= 0.3 is 6.09 Å². The highest BCUT2D eigenvalue weighted by molar-refractivity contribution is 7.92. The van der Waals surface area contributed by atoms with Crippen molar-refractivity contribution in [3.05, 3.63) is 60.2 Å². The van der Waals surface area contributed by atoms with E-state index in [0.29, 0.717) is 0 Å². The van der Waals surface area contributed by atoms with Crippen LogP contribution in [0.5, 0.6) is 0 Å². The minimum Gasteiger partial charge on any atom is -0.444 e. The summed E-state index contributed by atoms with van der Waals surface area (Å²) in [6.45, 7) is 7.38. The largest absolute Gasteiger partial charge is 0.444 e. The number of benzene rings is 2. The van der Waals surface area contributed by atoms with Crippen molar-refractivity contribution < 1.29 is 26.4 Å². The summed E-state index contributed by atoms with van der Waals surface area (Å²) in [5.41, 5.74) is 0.208. The maximum Gasteiger partial charge on any atom is 0.410 e. The van der Waals surface area contributed by atoms with Crippen LogP contribution >= 0.6 is 0 Å². The first-order chi connectivity index (χ1) is 16.3. The highest BCUT2D eigenvalue weighted by Gasteiger charge is 2.53. The molecule has 1 amide bonds. The van der Waals surface area contributed by atoms with Crippen LogP contribution in [0, 0.1) is 12.8 Å². The molecule has 1 unspecified atom stereocenters. The van der Waals surface area contributed by atoms with E-state index in [9.17, 15) is 21.6 Å². The average Bonchev–Trinajstić information content (AvgIpc) is 3.23. The van der Waals surface area contributed by atoms with Gasteiger partial charge in [0.2, 0.25) is 10.0 Å². The highest BCUT2D eigenvalue weighted by Crippen LogP contribution is 2.39. The van der Waals surface area contributed by atoms with Gasteiger partial charge in [-0.25, -0.2) is 21.6 Å². The van der Waals surface area contributed by atoms with E-state index in [4.69, 9.17) is 4.74 Å². The molecule has 0 spiro atoms. The van der Waals surface area contributed by atoms with Crippen LogP contribution in [0.15, 0.2) is 64.4 Å². The molecule has 0 N–H and O–H groups in total. The average molecular weight is 521 g/mol. The van der Waals surface area contributed by atoms with Crippen molar-refractivity contribution in [2.24, 2.45) is 5.92 Å². The number of carbonyl (C=O) groups is 1. The van der Waals surface area contributed by atoms with E-state index in [2.05, 4.69) is 0 Å². The third kappa shape index (κ3) is 5.10. The molecule has 2 heterocycles. The van der Waals surface area contributed by atoms with Crippen LogP contribution in [0.25, 0.3) is 0 Å². The first-order valence-electron chi connectivity index (χ1n) is 11.7. The van der Waals surface area contributed by atoms with Gasteiger partial charge in [-0.1, -0.05) is 35.9 Å². The quantitative estimate of drug-likeness (QED) is 0.612. The van der Waals surface area contributed by atoms with E-state index in [-0.39, 0.29) is 35.8 Å². The molecule has 2 aromatic carbocycles. The van der Waals surface area contributed by atoms with Gasteiger partial charge in [-0.2, -0.15) is 4.31 Å². The summed E-state index contributed by atoms with van der Waals surface area (Å²) < 4.78 is 61.3. The van der Waals surface area contributed by atoms with Gasteiger partial charge in [-0.05, 0) is 58.4 Å². The molecule has 2 saturated heterocycles. The minimum atomic E-state index is -3.89. The van der Waals surface area contributed by atoms with E-state index in [1.165, 1.54) is 9.21 Å². The Hall–Kier alpha value is -2.43. The summed E-state index contributed by atoms with van der Waals surface area (Å²) in [5, 5.41) is -0.813. The predicted octanol–water partition coefficient (Wildman–Crippen LogP) is 3.47. The van der Waals surface area contributed by atoms with Gasteiger partial charge in [0.05, 0.1) is 15.0 Å². The Bertz CT molecular complexity index is 1290. The lowest BCUT2D eigenvalue weighted by Crippen LogP contribution is -2.54. The van der Waals surface area contributed by atoms with Gasteiger partial charge in [0.15, 0.2) is 9.84 Å². The second kappa shape index (κ2) is 9.22. The van der Waals surface area contributed by atoms with Crippen molar-refractivity contribution >= 4 is 26.0 Å². The van der Waals surface area contributed by atoms with Crippen LogP contribution in [-0.2, 0) is 24.6 Å². The summed E-state index contributed by atoms with van der Waals surface area (Å²) in [4.78, 5) is 14.7. The molecule has 190 valence electrons. The van der Waals surface area contributed by atoms with Crippen LogP contribution in [0.2, 0.25) is 0 Å². The number of rotatable bonds is 4. The van der Waals surface area contributed by atoms with Crippen molar-refractivity contribution in [2.75, 3.05) is 19.6 Å². The second-order valence-electron chi connectivity index (χ2n) is 10.2. The van der Waals surface area contributed by atoms with Crippen molar-refractivity contribution in [3.63, 3.8) is 0 Å². The molecular weight excluding hydrogens is 488 g/mol. The number of amides is 1. The molecule has 0 aromatic heterocycles. The molecule has 0 saturated carbocycles. The fourth-order valence-electron chi connectivity index (χ4n) is 4.91. The van der Waals surface area contributed by atoms with Crippen LogP contribution in [-0.4, -0.2) is 68.7 Å². The lowest BCUT2D eigenvalue weighted by molar-refractivity contribution is 0.0284. The Morgan fingerprint density at radius 1 is 0.914 bits per heavy atom. The topological polar surface area (TPSA) is 101 Å². The second-order valence-corrected chi connectivity index (χ2v) is 14.3. The van der Waals surface area contributed by atoms with Gasteiger partial charge in [-0.15, -0.1) is 0 Å². The Morgan fingerprint density at radius 2 is 1.54 bits per heavy atom. The molecule has 10 heteroatoms. The Kier molecular flexibility index (Phi) is 6.76. The number of likely N-dealkylation sites (tertiary alicyclic amines) is 1. The van der Waals surface area contributed by atoms with Crippen molar-refractivity contribution in [2.45, 2.75) is 60.8 Å². The standard InChI is InChI=1S/C25H32N2O6S2/c1-18-10-12-20(13-11-18)35(31,32)27-15-14-23(34(29,30)19-8-6-5-7-9-19)21-16-26(17-22(21)27)24(28)33-25(2,3)4/h5-13,21-23H,14-17H2,1-4H3/t21-,22+,23?/m1/s1. The van der Waals surface area contributed by atoms with E-state index in [1.54, 1.807) is 75.4 Å². The predicted molar refractivity (Wildman–Crippen MR) is 132 cm³/mol. The summed E-state index contributed by atoms with van der Waals surface area (Å²) in [5.74, 6) is -0.582. The lowest BCUT2D eigenvalue weighted by atomic mass is 9.93. The molecule has 3 atom stereocenters. The molecule has 2 aliphatic heterocycles. The normalized spacial score (nSPS) is 23.7. The maximum absolute atomic E-state index is 13.6. The fourth-order valence-corrected chi connectivity index (χ4v) is 8.61. The third-order valence-electron chi connectivity index (χ3n) is 6.56. The molecular formula is C25H32N2O6S2. The summed E-state index contributed by atoms with van der Waals surface area (Å²) >= 11 is 0. The van der Waals surface area contributed by atoms with Crippen molar-refractivity contribution in [1.82, 2.24) is 9.21 Å². The smallest absolute Gasteiger partial charge is 0.410 e. The summed E-state index contributed by atoms with van der Waals surface area (Å²) in [7, 11) is -7.63. The molecule has 0 bridgehead atoms. The third-order valence-corrected chi connectivity index (χ3v) is 10.8. The van der Waals surface area contributed by atoms with Gasteiger partial charge in [0.1, 0.15) is 5.60 Å². The number of piperidine rings is 1. The lowest BCUT2D eigenvalue weighted by Gasteiger charge is -2.40. The first kappa shape index (κ1) is 25.7. The van der Waals surface area contributed by atoms with Crippen LogP contribution in [0.3, 0.4) is 0 Å². The molecule has 0 radical (unpaired) electrons. The molecule has 8 nitrogen and oxygen atoms in total. The van der Waals surface area contributed by atoms with E-state index >= 15 is 0 Å². The van der Waals surface area contributed by atoms with E-state index in [1.807, 2.05) is 6.92 Å². The molecule has 0 aliphatic carbocycles. The van der Waals surface area contributed by atoms with E-state index < -0.39 is 48.8 Å². The summed E-state index contributed by atoms with van der Waals surface area (Å²) in [6, 6.07) is 14.1. The number of aryl methyl sites for hydroxylation is 1. The zero-order valence-corrected chi connectivity index (χ0v) is 22.1. The zero-order chi connectivity index (χ0) is 25.6. The fraction of sp³-hybridized carbons (Fsp3) is 0.480. The van der Waals surface area contributed by atoms with Crippen LogP contribution in [0.4, 0.5) is 4.79 Å². The molecule has 35 heavy (non-hydrogen) atoms. The van der Waals surface area contributed by atoms with Crippen molar-refractivity contribution in [1.29, 1.82) is 0 Å². The Balaban J connectivity index is 1.71. The molecule has 2 fully saturated rings. The number of hydrogen-bond acceptors (Lipinski definition) is 6. The van der Waals surface area contributed by atoms with Gasteiger partial charge < -0.3 is 9.64 Å². The Morgan fingerprint density at radius 3 is 2.14 bits per heavy atom. The van der Waals surface area contributed by atoms with Gasteiger partial charge in [0, 0.05) is 31.6 Å². The zero-order valence-electron chi connectivity index (χ0n) is 20.4. The minimum absolute atomic E-state index is 0.0519. The number of fused-ring (bicyclic) bond motifs is 1. The highest BCUT2D eigenvalue weighted by atomic mass is 32.2. The van der Waals surface area contributed by atoms with E-state index in [0.717, 1.165) is 5.56 Å². The number of sulfone groups is 1. The number of carbonyl (C=O) groups excluding carboxylic acids is 1. The van der Waals surface area contributed by atoms with Crippen molar-refractivity contribution in [3.8, 4) is 0 Å². The summed E-state index contributed by atoms with van der Waals surface area (Å²) in [6.07, 6.45) is -0.429. The Labute approximate surface area is 207 Å². The monoisotopic (exact) mass is 520 g/mol. The number of sulfonamides is 1.